The van der Waals surface area contributed by atoms with E-state index in [1.165, 1.54) is 6.08 Å². The maximum absolute atomic E-state index is 12.4. The summed E-state index contributed by atoms with van der Waals surface area (Å²) < 4.78 is 46.2. The third-order valence-corrected chi connectivity index (χ3v) is 5.43. The summed E-state index contributed by atoms with van der Waals surface area (Å²) >= 11 is 0. The van der Waals surface area contributed by atoms with Crippen LogP contribution in [0.5, 0.6) is 0 Å². The van der Waals surface area contributed by atoms with Crippen LogP contribution in [-0.4, -0.2) is 95.4 Å². The van der Waals surface area contributed by atoms with Gasteiger partial charge in [0.25, 0.3) is 0 Å². The van der Waals surface area contributed by atoms with Gasteiger partial charge in [0.2, 0.25) is 5.91 Å². The van der Waals surface area contributed by atoms with Gasteiger partial charge in [0.15, 0.2) is 6.29 Å². The van der Waals surface area contributed by atoms with E-state index in [2.05, 4.69) is 9.50 Å². The van der Waals surface area contributed by atoms with Crippen molar-refractivity contribution in [1.82, 2.24) is 5.32 Å². The van der Waals surface area contributed by atoms with Crippen LogP contribution in [0.2, 0.25) is 0 Å². The molecule has 0 saturated carbocycles. The van der Waals surface area contributed by atoms with Gasteiger partial charge in [-0.1, -0.05) is 50.3 Å². The average molecular weight is 524 g/mol. The van der Waals surface area contributed by atoms with Crippen molar-refractivity contribution in [2.24, 2.45) is 0 Å². The fourth-order valence-electron chi connectivity index (χ4n) is 3.17. The van der Waals surface area contributed by atoms with Crippen LogP contribution in [0, 0.1) is 0 Å². The first-order valence-corrected chi connectivity index (χ1v) is 12.7. The number of hydrogen-bond acceptors (Lipinski definition) is 10. The number of carbonyl (C=O) groups excluding carboxylic acids is 1. The predicted octanol–water partition coefficient (Wildman–Crippen LogP) is -0.255. The lowest BCUT2D eigenvalue weighted by molar-refractivity contribution is -0.298. The second-order valence-electron chi connectivity index (χ2n) is 7.82. The zero-order chi connectivity index (χ0) is 26.4. The van der Waals surface area contributed by atoms with Crippen LogP contribution < -0.4 is 5.32 Å². The second kappa shape index (κ2) is 16.1. The van der Waals surface area contributed by atoms with Crippen molar-refractivity contribution in [3.8, 4) is 0 Å². The molecule has 0 radical (unpaired) electrons. The Kier molecular flexibility index (Phi) is 14.5. The number of aliphatic hydroxyl groups excluding tert-OH is 4. The summed E-state index contributed by atoms with van der Waals surface area (Å²) in [5.74, 6) is -0.403. The summed E-state index contributed by atoms with van der Waals surface area (Å²) in [5.41, 5.74) is 0. The van der Waals surface area contributed by atoms with Gasteiger partial charge in [-0.2, -0.15) is 8.42 Å². The number of hydrogen-bond donors (Lipinski definition) is 6. The fourth-order valence-corrected chi connectivity index (χ4v) is 3.68. The Labute approximate surface area is 205 Å². The molecular weight excluding hydrogens is 486 g/mol. The molecule has 35 heavy (non-hydrogen) atoms. The zero-order valence-electron chi connectivity index (χ0n) is 19.8. The average Bonchev–Trinajstić information content (AvgIpc) is 2.80. The van der Waals surface area contributed by atoms with E-state index in [1.807, 2.05) is 32.1 Å². The molecule has 0 aliphatic carbocycles. The molecule has 7 atom stereocenters. The number of ether oxygens (including phenoxy) is 2. The number of carbonyl (C=O) groups is 1. The molecule has 0 spiro atoms. The van der Waals surface area contributed by atoms with E-state index in [9.17, 15) is 33.6 Å². The molecular formula is C22H37NO11S. The molecule has 1 heterocycles. The zero-order valence-corrected chi connectivity index (χ0v) is 20.7. The van der Waals surface area contributed by atoms with Gasteiger partial charge in [0, 0.05) is 6.42 Å². The summed E-state index contributed by atoms with van der Waals surface area (Å²) in [5, 5.41) is 43.0. The van der Waals surface area contributed by atoms with Crippen LogP contribution in [0.3, 0.4) is 0 Å². The normalized spacial score (nSPS) is 27.6. The topological polar surface area (TPSA) is 192 Å². The highest BCUT2D eigenvalue weighted by atomic mass is 32.3. The first kappa shape index (κ1) is 31.4. The maximum atomic E-state index is 12.4. The Bertz CT molecular complexity index is 814. The summed E-state index contributed by atoms with van der Waals surface area (Å²) in [7, 11) is -5.06. The van der Waals surface area contributed by atoms with E-state index >= 15 is 0 Å². The molecule has 0 aromatic heterocycles. The highest BCUT2D eigenvalue weighted by Crippen LogP contribution is 2.25. The van der Waals surface area contributed by atoms with Crippen molar-refractivity contribution in [2.75, 3.05) is 13.2 Å². The Hall–Kier alpha value is -1.68. The predicted molar refractivity (Wildman–Crippen MR) is 125 cm³/mol. The van der Waals surface area contributed by atoms with Crippen LogP contribution in [0.15, 0.2) is 36.5 Å². The van der Waals surface area contributed by atoms with Crippen molar-refractivity contribution in [3.05, 3.63) is 36.5 Å². The highest BCUT2D eigenvalue weighted by Gasteiger charge is 2.48. The molecule has 1 fully saturated rings. The first-order chi connectivity index (χ1) is 16.5. The van der Waals surface area contributed by atoms with E-state index in [1.54, 1.807) is 12.2 Å². The molecule has 6 N–H and O–H groups in total. The summed E-state index contributed by atoms with van der Waals surface area (Å²) in [6.45, 7) is 2.70. The van der Waals surface area contributed by atoms with Crippen molar-refractivity contribution >= 4 is 16.3 Å². The molecule has 0 bridgehead atoms. The van der Waals surface area contributed by atoms with Gasteiger partial charge in [-0.3, -0.25) is 9.35 Å². The smallest absolute Gasteiger partial charge is 0.394 e. The summed E-state index contributed by atoms with van der Waals surface area (Å²) in [6.07, 6.45) is 3.11. The van der Waals surface area contributed by atoms with Gasteiger partial charge in [0.05, 0.1) is 25.4 Å². The van der Waals surface area contributed by atoms with Crippen molar-refractivity contribution in [2.45, 2.75) is 82.4 Å². The molecule has 1 saturated heterocycles. The third-order valence-electron chi connectivity index (χ3n) is 4.97. The standard InChI is InChI=1S/C22H37NO11S/c1-3-5-7-8-9-10-12-18(26)23-15(16(25)11-6-4-2)14-32-22-20(28)21(34-35(29,30)31)19(27)17(13-24)33-22/h5-7,9-11,15-17,19-22,24-25,27-28H,3-4,8,12-14H2,1-2H3,(H,23,26)(H,29,30,31)/b7-5?,10-9?,11-6+/t15-,16+,17?,19?,20?,21?,22?/m0/s1. The van der Waals surface area contributed by atoms with Gasteiger partial charge in [-0.05, 0) is 19.3 Å². The third kappa shape index (κ3) is 11.7. The lowest BCUT2D eigenvalue weighted by Crippen LogP contribution is -2.61. The number of amides is 1. The van der Waals surface area contributed by atoms with Gasteiger partial charge in [-0.25, -0.2) is 4.18 Å². The number of allylic oxidation sites excluding steroid dienone is 4. The van der Waals surface area contributed by atoms with E-state index in [0.717, 1.165) is 6.42 Å². The van der Waals surface area contributed by atoms with Gasteiger partial charge in [-0.15, -0.1) is 0 Å². The molecule has 5 unspecified atom stereocenters. The fraction of sp³-hybridized carbons (Fsp3) is 0.682. The molecule has 0 aromatic rings. The second-order valence-corrected chi connectivity index (χ2v) is 8.87. The van der Waals surface area contributed by atoms with E-state index in [4.69, 9.17) is 14.0 Å². The molecule has 0 aromatic carbocycles. The summed E-state index contributed by atoms with van der Waals surface area (Å²) in [4.78, 5) is 12.4. The van der Waals surface area contributed by atoms with Crippen LogP contribution in [0.1, 0.15) is 39.5 Å². The lowest BCUT2D eigenvalue weighted by Gasteiger charge is -2.41. The minimum Gasteiger partial charge on any atom is -0.394 e. The lowest BCUT2D eigenvalue weighted by atomic mass is 9.99. The molecule has 1 aliphatic heterocycles. The highest BCUT2D eigenvalue weighted by molar-refractivity contribution is 7.80. The Morgan fingerprint density at radius 3 is 2.34 bits per heavy atom. The van der Waals surface area contributed by atoms with Gasteiger partial charge >= 0.3 is 10.4 Å². The van der Waals surface area contributed by atoms with E-state index < -0.39 is 72.4 Å². The van der Waals surface area contributed by atoms with E-state index in [0.29, 0.717) is 12.8 Å². The first-order valence-electron chi connectivity index (χ1n) is 11.4. The van der Waals surface area contributed by atoms with Gasteiger partial charge in [0.1, 0.15) is 24.4 Å². The Balaban J connectivity index is 2.87. The van der Waals surface area contributed by atoms with Crippen LogP contribution >= 0.6 is 0 Å². The van der Waals surface area contributed by atoms with Crippen molar-refractivity contribution in [3.63, 3.8) is 0 Å². The monoisotopic (exact) mass is 523 g/mol. The quantitative estimate of drug-likeness (QED) is 0.122. The Morgan fingerprint density at radius 2 is 1.74 bits per heavy atom. The largest absolute Gasteiger partial charge is 0.397 e. The molecule has 12 nitrogen and oxygen atoms in total. The molecule has 1 aliphatic rings. The van der Waals surface area contributed by atoms with E-state index in [-0.39, 0.29) is 6.42 Å². The van der Waals surface area contributed by atoms with Crippen molar-refractivity contribution in [1.29, 1.82) is 0 Å². The molecule has 1 amide bonds. The summed E-state index contributed by atoms with van der Waals surface area (Å²) in [6, 6.07) is -0.977. The molecule has 202 valence electrons. The van der Waals surface area contributed by atoms with Crippen LogP contribution in [0.25, 0.3) is 0 Å². The van der Waals surface area contributed by atoms with Crippen molar-refractivity contribution < 1.29 is 51.8 Å². The SMILES string of the molecule is CCC=CCC=CCC(=O)N[C@@H](COC1OC(CO)C(O)C(OS(=O)(=O)O)C1O)[C@H](O)/C=C/CC. The van der Waals surface area contributed by atoms with Gasteiger partial charge < -0.3 is 35.2 Å². The number of rotatable bonds is 15. The van der Waals surface area contributed by atoms with Crippen LogP contribution in [-0.2, 0) is 28.9 Å². The molecule has 1 rings (SSSR count). The van der Waals surface area contributed by atoms with Crippen LogP contribution in [0.4, 0.5) is 0 Å². The maximum Gasteiger partial charge on any atom is 0.397 e. The number of nitrogens with one attached hydrogen (secondary N) is 1. The molecule has 13 heteroatoms. The Morgan fingerprint density at radius 1 is 1.09 bits per heavy atom. The minimum atomic E-state index is -5.06. The number of aliphatic hydroxyl groups is 4. The minimum absolute atomic E-state index is 0.0479.